The molecule has 1 atom stereocenters. The zero-order valence-electron chi connectivity index (χ0n) is 8.21. The Bertz CT molecular complexity index is 110. The highest BCUT2D eigenvalue weighted by atomic mass is 17.1. The van der Waals surface area contributed by atoms with Crippen LogP contribution >= 0.6 is 0 Å². The monoisotopic (exact) mass is 172 g/mol. The van der Waals surface area contributed by atoms with Crippen LogP contribution in [0.4, 0.5) is 0 Å². The van der Waals surface area contributed by atoms with Gasteiger partial charge >= 0.3 is 6.29 Å². The Kier molecular flexibility index (Phi) is 8.19. The summed E-state index contributed by atoms with van der Waals surface area (Å²) in [6, 6.07) is 0. The van der Waals surface area contributed by atoms with Crippen molar-refractivity contribution in [1.82, 2.24) is 0 Å². The van der Waals surface area contributed by atoms with Gasteiger partial charge in [0.1, 0.15) is 0 Å². The second-order valence-electron chi connectivity index (χ2n) is 3.28. The van der Waals surface area contributed by atoms with E-state index in [0.717, 1.165) is 19.3 Å². The summed E-state index contributed by atoms with van der Waals surface area (Å²) in [6.07, 6.45) is 8.44. The quantitative estimate of drug-likeness (QED) is 0.190. The van der Waals surface area contributed by atoms with Crippen molar-refractivity contribution in [3.63, 3.8) is 0 Å². The van der Waals surface area contributed by atoms with Crippen molar-refractivity contribution in [1.29, 1.82) is 0 Å². The van der Waals surface area contributed by atoms with E-state index in [1.165, 1.54) is 25.5 Å². The van der Waals surface area contributed by atoms with Gasteiger partial charge in [0.05, 0.1) is 5.92 Å². The van der Waals surface area contributed by atoms with E-state index in [1.54, 1.807) is 0 Å². The van der Waals surface area contributed by atoms with Gasteiger partial charge in [0.15, 0.2) is 0 Å². The van der Waals surface area contributed by atoms with E-state index >= 15 is 0 Å². The van der Waals surface area contributed by atoms with Crippen LogP contribution in [-0.4, -0.2) is 6.29 Å². The molecule has 0 spiro atoms. The Balaban J connectivity index is 3.48. The van der Waals surface area contributed by atoms with Crippen LogP contribution in [0.1, 0.15) is 52.4 Å². The molecule has 0 rings (SSSR count). The standard InChI is InChI=1S/C10H20O2/c1-3-5-6-8-10(7-4-2)9-12-11/h9-10H,3-8H2,1-2H3. The second-order valence-corrected chi connectivity index (χ2v) is 3.28. The molecule has 0 aromatic heterocycles. The third kappa shape index (κ3) is 6.20. The smallest absolute Gasteiger partial charge is 0.321 e. The van der Waals surface area contributed by atoms with Crippen LogP contribution in [0.25, 0.3) is 0 Å². The number of rotatable bonds is 7. The van der Waals surface area contributed by atoms with E-state index in [2.05, 4.69) is 18.4 Å². The summed E-state index contributed by atoms with van der Waals surface area (Å²) in [5.74, 6) is 0.374. The van der Waals surface area contributed by atoms with E-state index in [-0.39, 0.29) is 0 Å². The van der Waals surface area contributed by atoms with Crippen molar-refractivity contribution in [2.45, 2.75) is 52.4 Å². The highest BCUT2D eigenvalue weighted by Crippen LogP contribution is 2.12. The summed E-state index contributed by atoms with van der Waals surface area (Å²) in [5.41, 5.74) is 0. The van der Waals surface area contributed by atoms with E-state index in [9.17, 15) is 5.26 Å². The fraction of sp³-hybridized carbons (Fsp3) is 0.900. The first-order valence-electron chi connectivity index (χ1n) is 4.97. The van der Waals surface area contributed by atoms with Crippen molar-refractivity contribution in [3.05, 3.63) is 0 Å². The van der Waals surface area contributed by atoms with Gasteiger partial charge in [-0.25, -0.2) is 0 Å². The number of hydrogen-bond donors (Lipinski definition) is 0. The first-order valence-corrected chi connectivity index (χ1v) is 4.97. The number of unbranched alkanes of at least 4 members (excludes halogenated alkanes) is 2. The van der Waals surface area contributed by atoms with Gasteiger partial charge in [0.2, 0.25) is 0 Å². The Morgan fingerprint density at radius 2 is 1.92 bits per heavy atom. The lowest BCUT2D eigenvalue weighted by Crippen LogP contribution is -2.08. The molecule has 2 nitrogen and oxygen atoms in total. The molecule has 0 radical (unpaired) electrons. The highest BCUT2D eigenvalue weighted by Gasteiger charge is 2.09. The van der Waals surface area contributed by atoms with Gasteiger partial charge in [-0.3, -0.25) is 0 Å². The topological polar surface area (TPSA) is 34.4 Å². The van der Waals surface area contributed by atoms with Gasteiger partial charge in [-0.05, 0) is 12.8 Å². The van der Waals surface area contributed by atoms with Gasteiger partial charge in [-0.15, -0.1) is 0 Å². The molecule has 0 aromatic rings. The Morgan fingerprint density at radius 3 is 2.42 bits per heavy atom. The molecule has 0 aliphatic heterocycles. The van der Waals surface area contributed by atoms with Crippen LogP contribution < -0.4 is 5.26 Å². The summed E-state index contributed by atoms with van der Waals surface area (Å²) in [4.78, 5) is 0. The van der Waals surface area contributed by atoms with E-state index in [0.29, 0.717) is 5.92 Å². The van der Waals surface area contributed by atoms with Crippen molar-refractivity contribution < 1.29 is 9.83 Å². The number of hydrogen-bond acceptors (Lipinski definition) is 1. The molecule has 1 unspecified atom stereocenters. The van der Waals surface area contributed by atoms with Crippen LogP contribution in [0.15, 0.2) is 0 Å². The van der Waals surface area contributed by atoms with Crippen LogP contribution in [-0.2, 0) is 4.58 Å². The molecule has 0 heterocycles. The zero-order chi connectivity index (χ0) is 9.23. The van der Waals surface area contributed by atoms with Gasteiger partial charge in [0.25, 0.3) is 0 Å². The third-order valence-corrected chi connectivity index (χ3v) is 2.09. The average Bonchev–Trinajstić information content (AvgIpc) is 2.06. The van der Waals surface area contributed by atoms with E-state index in [1.807, 2.05) is 0 Å². The van der Waals surface area contributed by atoms with Crippen LogP contribution in [0.3, 0.4) is 0 Å². The summed E-state index contributed by atoms with van der Waals surface area (Å²) >= 11 is 0. The van der Waals surface area contributed by atoms with Gasteiger partial charge in [0, 0.05) is 0 Å². The first-order chi connectivity index (χ1) is 5.85. The lowest BCUT2D eigenvalue weighted by molar-refractivity contribution is -1.04. The molecule has 0 N–H and O–H groups in total. The summed E-state index contributed by atoms with van der Waals surface area (Å²) in [5, 5.41) is 9.89. The minimum absolute atomic E-state index is 0.374. The fourth-order valence-electron chi connectivity index (χ4n) is 1.39. The maximum absolute atomic E-state index is 9.89. The van der Waals surface area contributed by atoms with Gasteiger partial charge in [-0.1, -0.05) is 39.5 Å². The molecule has 0 saturated heterocycles. The molecule has 72 valence electrons. The minimum atomic E-state index is 0.374. The molecule has 0 amide bonds. The van der Waals surface area contributed by atoms with Crippen LogP contribution in [0.5, 0.6) is 0 Å². The molecule has 2 heteroatoms. The minimum Gasteiger partial charge on any atom is -0.463 e. The maximum atomic E-state index is 9.89. The summed E-state index contributed by atoms with van der Waals surface area (Å²) in [6.45, 7) is 4.31. The van der Waals surface area contributed by atoms with E-state index in [4.69, 9.17) is 0 Å². The Labute approximate surface area is 75.2 Å². The predicted octanol–water partition coefficient (Wildman–Crippen LogP) is 1.99. The van der Waals surface area contributed by atoms with Gasteiger partial charge in [-0.2, -0.15) is 4.58 Å². The maximum Gasteiger partial charge on any atom is 0.321 e. The molecule has 0 bridgehead atoms. The van der Waals surface area contributed by atoms with Crippen molar-refractivity contribution >= 4 is 6.29 Å². The SMILES string of the molecule is CCCCCC(C=[O+][O-])CCC. The first kappa shape index (κ1) is 11.5. The Morgan fingerprint density at radius 1 is 1.17 bits per heavy atom. The molecule has 0 aromatic carbocycles. The third-order valence-electron chi connectivity index (χ3n) is 2.09. The average molecular weight is 172 g/mol. The summed E-state index contributed by atoms with van der Waals surface area (Å²) in [7, 11) is 0. The molecule has 12 heavy (non-hydrogen) atoms. The molecule has 0 aliphatic rings. The normalized spacial score (nSPS) is 13.8. The molecular formula is C10H20O2. The van der Waals surface area contributed by atoms with Crippen molar-refractivity contribution in [2.75, 3.05) is 0 Å². The lowest BCUT2D eigenvalue weighted by Gasteiger charge is -2.04. The molecule has 0 aliphatic carbocycles. The predicted molar refractivity (Wildman–Crippen MR) is 48.6 cm³/mol. The van der Waals surface area contributed by atoms with Crippen molar-refractivity contribution in [3.8, 4) is 0 Å². The number of carbonyl (C=O) groups excluding carboxylic acids is 1. The van der Waals surface area contributed by atoms with Crippen LogP contribution in [0.2, 0.25) is 0 Å². The highest BCUT2D eigenvalue weighted by molar-refractivity contribution is 5.53. The Hall–Kier alpha value is -0.530. The van der Waals surface area contributed by atoms with Gasteiger partial charge < -0.3 is 5.26 Å². The molecule has 0 fully saturated rings. The molecule has 0 saturated carbocycles. The largest absolute Gasteiger partial charge is 0.463 e. The second kappa shape index (κ2) is 8.57. The molecular weight excluding hydrogens is 152 g/mol. The van der Waals surface area contributed by atoms with Crippen LogP contribution in [0, 0.1) is 5.92 Å². The summed E-state index contributed by atoms with van der Waals surface area (Å²) < 4.78 is 3.81. The number of aldehydes is 1. The fourth-order valence-corrected chi connectivity index (χ4v) is 1.39. The van der Waals surface area contributed by atoms with E-state index < -0.39 is 0 Å². The van der Waals surface area contributed by atoms with Crippen molar-refractivity contribution in [2.24, 2.45) is 5.92 Å². The zero-order valence-corrected chi connectivity index (χ0v) is 8.21. The lowest BCUT2D eigenvalue weighted by atomic mass is 9.98.